The summed E-state index contributed by atoms with van der Waals surface area (Å²) in [6, 6.07) is 3.15. The molecule has 3 aromatic rings. The number of imidazole rings is 1. The van der Waals surface area contributed by atoms with Crippen LogP contribution in [0.5, 0.6) is 0 Å². The van der Waals surface area contributed by atoms with Crippen LogP contribution in [0.25, 0.3) is 5.65 Å². The molecule has 11 heteroatoms. The van der Waals surface area contributed by atoms with Crippen LogP contribution in [-0.4, -0.2) is 63.7 Å². The van der Waals surface area contributed by atoms with Crippen molar-refractivity contribution < 1.29 is 17.9 Å². The Morgan fingerprint density at radius 1 is 1.18 bits per heavy atom. The third-order valence-corrected chi connectivity index (χ3v) is 6.70. The van der Waals surface area contributed by atoms with Crippen LogP contribution in [0, 0.1) is 6.92 Å². The summed E-state index contributed by atoms with van der Waals surface area (Å²) in [5.41, 5.74) is 2.42. The Morgan fingerprint density at radius 3 is 2.50 bits per heavy atom. The second-order valence-electron chi connectivity index (χ2n) is 9.57. The molecule has 3 aromatic heterocycles. The first kappa shape index (κ1) is 23.9. The van der Waals surface area contributed by atoms with Crippen molar-refractivity contribution in [2.45, 2.75) is 57.1 Å². The molecular formula is C23H30N6O4S. The van der Waals surface area contributed by atoms with E-state index >= 15 is 0 Å². The van der Waals surface area contributed by atoms with Gasteiger partial charge in [0.25, 0.3) is 0 Å². The molecule has 10 nitrogen and oxygen atoms in total. The van der Waals surface area contributed by atoms with Gasteiger partial charge in [-0.25, -0.2) is 28.2 Å². The van der Waals surface area contributed by atoms with Crippen molar-refractivity contribution in [2.24, 2.45) is 0 Å². The molecule has 0 saturated carbocycles. The molecule has 1 fully saturated rings. The second-order valence-corrected chi connectivity index (χ2v) is 11.5. The number of piperidine rings is 1. The largest absolute Gasteiger partial charge is 0.444 e. The number of rotatable bonds is 4. The molecule has 0 radical (unpaired) electrons. The third kappa shape index (κ3) is 5.14. The zero-order valence-corrected chi connectivity index (χ0v) is 20.9. The van der Waals surface area contributed by atoms with E-state index in [9.17, 15) is 13.2 Å². The summed E-state index contributed by atoms with van der Waals surface area (Å²) >= 11 is 0. The Hall–Kier alpha value is -3.21. The lowest BCUT2D eigenvalue weighted by molar-refractivity contribution is 0.0204. The first-order chi connectivity index (χ1) is 15.9. The SMILES string of the molecule is Cc1nc(S(C)(=O)=O)ccc1Nc1nccn2c(C3CCN(C(=O)OC(C)(C)C)CC3)cnc12. The quantitative estimate of drug-likeness (QED) is 0.593. The first-order valence-corrected chi connectivity index (χ1v) is 13.1. The number of nitrogens with one attached hydrogen (secondary N) is 1. The number of likely N-dealkylation sites (tertiary alicyclic amines) is 1. The summed E-state index contributed by atoms with van der Waals surface area (Å²) < 4.78 is 31.0. The molecule has 0 unspecified atom stereocenters. The van der Waals surface area contributed by atoms with Gasteiger partial charge in [-0.05, 0) is 52.7 Å². The maximum atomic E-state index is 12.4. The van der Waals surface area contributed by atoms with Crippen LogP contribution in [0.1, 0.15) is 50.9 Å². The lowest BCUT2D eigenvalue weighted by Crippen LogP contribution is -2.41. The molecule has 0 spiro atoms. The predicted molar refractivity (Wildman–Crippen MR) is 128 cm³/mol. The number of fused-ring (bicyclic) bond motifs is 1. The molecule has 34 heavy (non-hydrogen) atoms. The number of carbonyl (C=O) groups excluding carboxylic acids is 1. The fraction of sp³-hybridized carbons (Fsp3) is 0.478. The van der Waals surface area contributed by atoms with E-state index in [4.69, 9.17) is 4.74 Å². The smallest absolute Gasteiger partial charge is 0.410 e. The van der Waals surface area contributed by atoms with E-state index in [0.29, 0.717) is 35.9 Å². The van der Waals surface area contributed by atoms with Crippen LogP contribution >= 0.6 is 0 Å². The van der Waals surface area contributed by atoms with Gasteiger partial charge in [0.05, 0.1) is 11.4 Å². The number of hydrogen-bond donors (Lipinski definition) is 1. The molecule has 182 valence electrons. The summed E-state index contributed by atoms with van der Waals surface area (Å²) in [5, 5.41) is 3.26. The maximum Gasteiger partial charge on any atom is 0.410 e. The minimum Gasteiger partial charge on any atom is -0.444 e. The van der Waals surface area contributed by atoms with E-state index in [1.165, 1.54) is 6.07 Å². The van der Waals surface area contributed by atoms with Crippen LogP contribution < -0.4 is 5.32 Å². The van der Waals surface area contributed by atoms with Crippen LogP contribution in [0.2, 0.25) is 0 Å². The number of hydrogen-bond acceptors (Lipinski definition) is 8. The number of nitrogens with zero attached hydrogens (tertiary/aromatic N) is 5. The van der Waals surface area contributed by atoms with Gasteiger partial charge >= 0.3 is 6.09 Å². The van der Waals surface area contributed by atoms with Gasteiger partial charge in [-0.1, -0.05) is 0 Å². The first-order valence-electron chi connectivity index (χ1n) is 11.2. The topological polar surface area (TPSA) is 119 Å². The molecule has 4 heterocycles. The van der Waals surface area contributed by atoms with E-state index in [1.807, 2.05) is 37.6 Å². The van der Waals surface area contributed by atoms with Gasteiger partial charge in [0.15, 0.2) is 26.3 Å². The Bertz CT molecular complexity index is 1320. The number of pyridine rings is 1. The predicted octanol–water partition coefficient (Wildman–Crippen LogP) is 3.69. The highest BCUT2D eigenvalue weighted by Gasteiger charge is 2.29. The maximum absolute atomic E-state index is 12.4. The van der Waals surface area contributed by atoms with Crippen molar-refractivity contribution in [3.05, 3.63) is 42.1 Å². The monoisotopic (exact) mass is 486 g/mol. The lowest BCUT2D eigenvalue weighted by Gasteiger charge is -2.33. The van der Waals surface area contributed by atoms with Gasteiger partial charge in [-0.15, -0.1) is 0 Å². The summed E-state index contributed by atoms with van der Waals surface area (Å²) in [6.07, 6.45) is 7.92. The van der Waals surface area contributed by atoms with Crippen molar-refractivity contribution in [1.29, 1.82) is 0 Å². The highest BCUT2D eigenvalue weighted by Crippen LogP contribution is 2.31. The zero-order valence-electron chi connectivity index (χ0n) is 20.1. The molecule has 4 rings (SSSR count). The van der Waals surface area contributed by atoms with Gasteiger partial charge in [-0.2, -0.15) is 0 Å². The average Bonchev–Trinajstić information content (AvgIpc) is 3.18. The molecule has 1 aliphatic rings. The highest BCUT2D eigenvalue weighted by molar-refractivity contribution is 7.90. The summed E-state index contributed by atoms with van der Waals surface area (Å²) in [4.78, 5) is 27.4. The van der Waals surface area contributed by atoms with Crippen LogP contribution in [-0.2, 0) is 14.6 Å². The number of amides is 1. The van der Waals surface area contributed by atoms with Crippen LogP contribution in [0.15, 0.2) is 35.7 Å². The molecule has 1 aliphatic heterocycles. The summed E-state index contributed by atoms with van der Waals surface area (Å²) in [7, 11) is -3.38. The minimum atomic E-state index is -3.38. The van der Waals surface area contributed by atoms with Gasteiger partial charge in [-0.3, -0.25) is 4.40 Å². The molecule has 0 atom stereocenters. The number of sulfone groups is 1. The van der Waals surface area contributed by atoms with E-state index < -0.39 is 15.4 Å². The van der Waals surface area contributed by atoms with Crippen LogP contribution in [0.3, 0.4) is 0 Å². The number of aryl methyl sites for hydroxylation is 1. The fourth-order valence-corrected chi connectivity index (χ4v) is 4.63. The van der Waals surface area contributed by atoms with Crippen LogP contribution in [0.4, 0.5) is 16.3 Å². The summed E-state index contributed by atoms with van der Waals surface area (Å²) in [6.45, 7) is 8.60. The molecule has 1 amide bonds. The fourth-order valence-electron chi connectivity index (χ4n) is 4.02. The second kappa shape index (κ2) is 8.86. The zero-order chi connectivity index (χ0) is 24.7. The van der Waals surface area contributed by atoms with E-state index in [-0.39, 0.29) is 17.0 Å². The number of ether oxygens (including phenoxy) is 1. The standard InChI is InChI=1S/C23H30N6O4S/c1-15-17(6-7-19(26-15)34(5,31)32)27-20-21-25-14-18(29(21)13-10-24-20)16-8-11-28(12-9-16)22(30)33-23(2,3)4/h6-7,10,13-14,16H,8-9,11-12H2,1-5H3,(H,24,27). The molecule has 1 saturated heterocycles. The normalized spacial score (nSPS) is 15.5. The molecular weight excluding hydrogens is 456 g/mol. The highest BCUT2D eigenvalue weighted by atomic mass is 32.2. The van der Waals surface area contributed by atoms with E-state index in [1.54, 1.807) is 24.1 Å². The molecule has 1 N–H and O–H groups in total. The Morgan fingerprint density at radius 2 is 1.88 bits per heavy atom. The lowest BCUT2D eigenvalue weighted by atomic mass is 9.94. The number of carbonyl (C=O) groups is 1. The average molecular weight is 487 g/mol. The van der Waals surface area contributed by atoms with Crippen molar-refractivity contribution in [3.8, 4) is 0 Å². The Balaban J connectivity index is 1.51. The van der Waals surface area contributed by atoms with Crippen molar-refractivity contribution in [2.75, 3.05) is 24.7 Å². The van der Waals surface area contributed by atoms with Crippen molar-refractivity contribution >= 4 is 33.1 Å². The van der Waals surface area contributed by atoms with Crippen molar-refractivity contribution in [1.82, 2.24) is 24.3 Å². The van der Waals surface area contributed by atoms with Gasteiger partial charge < -0.3 is 15.0 Å². The van der Waals surface area contributed by atoms with Gasteiger partial charge in [0.1, 0.15) is 5.60 Å². The van der Waals surface area contributed by atoms with E-state index in [2.05, 4.69) is 20.3 Å². The number of anilines is 2. The Labute approximate surface area is 199 Å². The number of aromatic nitrogens is 4. The van der Waals surface area contributed by atoms with E-state index in [0.717, 1.165) is 24.8 Å². The molecule has 0 bridgehead atoms. The third-order valence-electron chi connectivity index (χ3n) is 5.71. The minimum absolute atomic E-state index is 0.0301. The summed E-state index contributed by atoms with van der Waals surface area (Å²) in [5.74, 6) is 0.804. The van der Waals surface area contributed by atoms with Gasteiger partial charge in [0.2, 0.25) is 0 Å². The molecule has 0 aromatic carbocycles. The van der Waals surface area contributed by atoms with Crippen molar-refractivity contribution in [3.63, 3.8) is 0 Å². The van der Waals surface area contributed by atoms with Gasteiger partial charge in [0, 0.05) is 49.5 Å². The molecule has 0 aliphatic carbocycles. The Kier molecular flexibility index (Phi) is 6.24.